The van der Waals surface area contributed by atoms with Crippen LogP contribution in [0.2, 0.25) is 0 Å². The van der Waals surface area contributed by atoms with Gasteiger partial charge in [0.2, 0.25) is 0 Å². The topological polar surface area (TPSA) is 49.0 Å². The van der Waals surface area contributed by atoms with Gasteiger partial charge in [0.25, 0.3) is 0 Å². The van der Waals surface area contributed by atoms with Crippen molar-refractivity contribution in [3.8, 4) is 0 Å². The average Bonchev–Trinajstić information content (AvgIpc) is 3.27. The first-order valence-electron chi connectivity index (χ1n) is 12.8. The summed E-state index contributed by atoms with van der Waals surface area (Å²) in [7, 11) is 0. The molecule has 3 heteroatoms. The number of allylic oxidation sites excluding steroid dienone is 6. The molecular formula is C32H44N2O. The molecule has 1 heterocycles. The fraction of sp³-hybridized carbons (Fsp3) is 0.344. The molecule has 0 aliphatic heterocycles. The smallest absolute Gasteiger partial charge is 0.139 e. The SMILES string of the molecule is C=C(NCc1ccc2c(oc3ccccc32)c1C/C=C\C=N)C(C)C/C=C\C.C=CCCC.CC. The molecule has 0 aliphatic carbocycles. The second kappa shape index (κ2) is 17.2. The van der Waals surface area contributed by atoms with Crippen LogP contribution in [0.25, 0.3) is 21.9 Å². The summed E-state index contributed by atoms with van der Waals surface area (Å²) in [5, 5.41) is 13.0. The number of hydrogen-bond donors (Lipinski definition) is 2. The van der Waals surface area contributed by atoms with Crippen molar-refractivity contribution >= 4 is 28.2 Å². The van der Waals surface area contributed by atoms with Gasteiger partial charge < -0.3 is 15.1 Å². The van der Waals surface area contributed by atoms with Crippen molar-refractivity contribution in [2.45, 2.75) is 66.8 Å². The minimum atomic E-state index is 0.382. The van der Waals surface area contributed by atoms with Gasteiger partial charge in [-0.25, -0.2) is 0 Å². The molecule has 35 heavy (non-hydrogen) atoms. The summed E-state index contributed by atoms with van der Waals surface area (Å²) in [6.07, 6.45) is 15.3. The van der Waals surface area contributed by atoms with Gasteiger partial charge in [-0.2, -0.15) is 0 Å². The molecule has 1 unspecified atom stereocenters. The van der Waals surface area contributed by atoms with E-state index in [0.29, 0.717) is 12.5 Å². The van der Waals surface area contributed by atoms with Crippen LogP contribution in [0.15, 0.2) is 90.1 Å². The number of hydrogen-bond acceptors (Lipinski definition) is 3. The van der Waals surface area contributed by atoms with Gasteiger partial charge in [0, 0.05) is 34.8 Å². The molecule has 188 valence electrons. The Bertz CT molecular complexity index is 1120. The molecule has 0 spiro atoms. The highest BCUT2D eigenvalue weighted by Crippen LogP contribution is 2.33. The molecule has 0 fully saturated rings. The first-order valence-corrected chi connectivity index (χ1v) is 12.8. The van der Waals surface area contributed by atoms with Crippen molar-refractivity contribution in [3.63, 3.8) is 0 Å². The van der Waals surface area contributed by atoms with Crippen LogP contribution in [0, 0.1) is 11.3 Å². The molecular weight excluding hydrogens is 428 g/mol. The van der Waals surface area contributed by atoms with E-state index >= 15 is 0 Å². The zero-order chi connectivity index (χ0) is 26.1. The maximum Gasteiger partial charge on any atom is 0.139 e. The molecule has 2 aromatic carbocycles. The van der Waals surface area contributed by atoms with Crippen molar-refractivity contribution in [3.05, 3.63) is 96.8 Å². The zero-order valence-electron chi connectivity index (χ0n) is 22.4. The van der Waals surface area contributed by atoms with E-state index in [1.807, 2.05) is 51.1 Å². The Labute approximate surface area is 212 Å². The molecule has 2 N–H and O–H groups in total. The highest BCUT2D eigenvalue weighted by molar-refractivity contribution is 6.06. The summed E-state index contributed by atoms with van der Waals surface area (Å²) in [5.41, 5.74) is 5.24. The largest absolute Gasteiger partial charge is 0.456 e. The number of furan rings is 1. The van der Waals surface area contributed by atoms with Crippen LogP contribution >= 0.6 is 0 Å². The van der Waals surface area contributed by atoms with Crippen LogP contribution in [0.3, 0.4) is 0 Å². The van der Waals surface area contributed by atoms with E-state index in [2.05, 4.69) is 62.7 Å². The van der Waals surface area contributed by atoms with E-state index in [0.717, 1.165) is 52.5 Å². The minimum Gasteiger partial charge on any atom is -0.456 e. The average molecular weight is 473 g/mol. The number of fused-ring (bicyclic) bond motifs is 3. The third-order valence-corrected chi connectivity index (χ3v) is 5.62. The summed E-state index contributed by atoms with van der Waals surface area (Å²) < 4.78 is 6.21. The summed E-state index contributed by atoms with van der Waals surface area (Å²) in [6.45, 7) is 18.8. The third kappa shape index (κ3) is 9.09. The Morgan fingerprint density at radius 2 is 1.86 bits per heavy atom. The van der Waals surface area contributed by atoms with E-state index < -0.39 is 0 Å². The van der Waals surface area contributed by atoms with E-state index in [4.69, 9.17) is 9.83 Å². The van der Waals surface area contributed by atoms with Crippen LogP contribution in [0.1, 0.15) is 65.0 Å². The molecule has 0 amide bonds. The zero-order valence-corrected chi connectivity index (χ0v) is 22.4. The lowest BCUT2D eigenvalue weighted by atomic mass is 9.99. The molecule has 3 rings (SSSR count). The van der Waals surface area contributed by atoms with Crippen molar-refractivity contribution in [2.75, 3.05) is 0 Å². The highest BCUT2D eigenvalue weighted by Gasteiger charge is 2.14. The molecule has 1 aromatic heterocycles. The second-order valence-electron chi connectivity index (χ2n) is 8.14. The summed E-state index contributed by atoms with van der Waals surface area (Å²) in [5.74, 6) is 0.382. The predicted molar refractivity (Wildman–Crippen MR) is 156 cm³/mol. The summed E-state index contributed by atoms with van der Waals surface area (Å²) >= 11 is 0. The van der Waals surface area contributed by atoms with Crippen molar-refractivity contribution in [1.82, 2.24) is 5.32 Å². The molecule has 1 atom stereocenters. The molecule has 0 radical (unpaired) electrons. The van der Waals surface area contributed by atoms with Crippen LogP contribution in [0.4, 0.5) is 0 Å². The van der Waals surface area contributed by atoms with Gasteiger partial charge in [0.05, 0.1) is 0 Å². The Morgan fingerprint density at radius 3 is 2.49 bits per heavy atom. The van der Waals surface area contributed by atoms with Crippen molar-refractivity contribution < 1.29 is 4.42 Å². The molecule has 0 saturated carbocycles. The summed E-state index contributed by atoms with van der Waals surface area (Å²) in [6, 6.07) is 12.5. The van der Waals surface area contributed by atoms with Crippen LogP contribution in [-0.2, 0) is 13.0 Å². The summed E-state index contributed by atoms with van der Waals surface area (Å²) in [4.78, 5) is 0. The fourth-order valence-corrected chi connectivity index (χ4v) is 3.60. The van der Waals surface area contributed by atoms with Gasteiger partial charge in [-0.1, -0.05) is 95.3 Å². The van der Waals surface area contributed by atoms with Crippen LogP contribution in [-0.4, -0.2) is 6.21 Å². The first-order chi connectivity index (χ1) is 17.1. The van der Waals surface area contributed by atoms with E-state index in [1.165, 1.54) is 18.2 Å². The molecule has 0 saturated heterocycles. The number of nitrogens with one attached hydrogen (secondary N) is 2. The van der Waals surface area contributed by atoms with Gasteiger partial charge in [0.1, 0.15) is 11.2 Å². The number of para-hydroxylation sites is 1. The normalized spacial score (nSPS) is 11.6. The van der Waals surface area contributed by atoms with Gasteiger partial charge >= 0.3 is 0 Å². The lowest BCUT2D eigenvalue weighted by Crippen LogP contribution is -2.18. The molecule has 0 aliphatic rings. The highest BCUT2D eigenvalue weighted by atomic mass is 16.3. The van der Waals surface area contributed by atoms with Crippen molar-refractivity contribution in [2.24, 2.45) is 5.92 Å². The maximum atomic E-state index is 7.25. The van der Waals surface area contributed by atoms with Gasteiger partial charge in [-0.3, -0.25) is 0 Å². The van der Waals surface area contributed by atoms with E-state index in [-0.39, 0.29) is 0 Å². The third-order valence-electron chi connectivity index (χ3n) is 5.62. The van der Waals surface area contributed by atoms with E-state index in [1.54, 1.807) is 6.08 Å². The molecule has 3 aromatic rings. The molecule has 3 nitrogen and oxygen atoms in total. The Balaban J connectivity index is 0.000000779. The Hall–Kier alpha value is -3.33. The van der Waals surface area contributed by atoms with Crippen LogP contribution < -0.4 is 5.32 Å². The lowest BCUT2D eigenvalue weighted by molar-refractivity contribution is 0.611. The Morgan fingerprint density at radius 1 is 1.11 bits per heavy atom. The van der Waals surface area contributed by atoms with Gasteiger partial charge in [-0.15, -0.1) is 6.58 Å². The second-order valence-corrected chi connectivity index (χ2v) is 8.14. The van der Waals surface area contributed by atoms with E-state index in [9.17, 15) is 0 Å². The lowest BCUT2D eigenvalue weighted by Gasteiger charge is -2.17. The van der Waals surface area contributed by atoms with Crippen LogP contribution in [0.5, 0.6) is 0 Å². The van der Waals surface area contributed by atoms with Crippen molar-refractivity contribution in [1.29, 1.82) is 5.41 Å². The first kappa shape index (κ1) is 29.7. The fourth-order valence-electron chi connectivity index (χ4n) is 3.60. The molecule has 0 bridgehead atoms. The predicted octanol–water partition coefficient (Wildman–Crippen LogP) is 9.54. The number of rotatable bonds is 11. The standard InChI is InChI=1S/C25H28N2O.C5H10.C2H6/c1-4-5-10-18(2)19(3)27-17-20-14-15-23-22-12-6-7-13-24(22)28-25(23)21(20)11-8-9-16-26;1-3-5-4-2;1-2/h4-9,12-16,18,26-27H,3,10-11,17H2,1-2H3;3H,1,4-5H2,2H3;1-2H3/b5-4-,9-8-,26-16?;;. The number of benzene rings is 2. The monoisotopic (exact) mass is 472 g/mol. The quantitative estimate of drug-likeness (QED) is 0.215. The Kier molecular flexibility index (Phi) is 14.6. The van der Waals surface area contributed by atoms with Gasteiger partial charge in [-0.05, 0) is 49.8 Å². The van der Waals surface area contributed by atoms with Gasteiger partial charge in [0.15, 0.2) is 0 Å². The minimum absolute atomic E-state index is 0.382. The maximum absolute atomic E-state index is 7.25. The number of unbranched alkanes of at least 4 members (excludes halogenated alkanes) is 1.